The number of halogens is 1. The molecule has 0 saturated carbocycles. The van der Waals surface area contributed by atoms with E-state index in [2.05, 4.69) is 27.5 Å². The van der Waals surface area contributed by atoms with E-state index in [-0.39, 0.29) is 5.43 Å². The first-order valence-corrected chi connectivity index (χ1v) is 7.74. The molecule has 1 aliphatic heterocycles. The molecule has 1 aliphatic rings. The average Bonchev–Trinajstić information content (AvgIpc) is 2.56. The van der Waals surface area contributed by atoms with Crippen molar-refractivity contribution in [1.82, 2.24) is 0 Å². The Morgan fingerprint density at radius 2 is 1.88 bits per heavy atom. The number of hydrogen-bond donors (Lipinski definition) is 0. The van der Waals surface area contributed by atoms with E-state index in [1.807, 2.05) is 24.3 Å². The van der Waals surface area contributed by atoms with Crippen molar-refractivity contribution in [2.45, 2.75) is 19.3 Å². The summed E-state index contributed by atoms with van der Waals surface area (Å²) in [7, 11) is 0. The molecule has 0 amide bonds. The Hall–Kier alpha value is -0.580. The van der Waals surface area contributed by atoms with Gasteiger partial charge in [0.05, 0.1) is 5.69 Å². The zero-order valence-corrected chi connectivity index (χ0v) is 12.1. The summed E-state index contributed by atoms with van der Waals surface area (Å²) in [6, 6.07) is 9.28. The largest absolute Gasteiger partial charge is 0.368 e. The standard InChI is InChI=1S/C14H18INO/c15-9-6-12-7-10-16(11-8-12)13-4-2-1-3-5-14(13)17/h1-5,12H,6-11H2. The van der Waals surface area contributed by atoms with Crippen LogP contribution in [0.15, 0.2) is 35.1 Å². The fraction of sp³-hybridized carbons (Fsp3) is 0.500. The first-order valence-electron chi connectivity index (χ1n) is 6.21. The van der Waals surface area contributed by atoms with Crippen LogP contribution in [0, 0.1) is 5.92 Å². The van der Waals surface area contributed by atoms with Gasteiger partial charge in [0.25, 0.3) is 0 Å². The van der Waals surface area contributed by atoms with Crippen LogP contribution in [0.5, 0.6) is 0 Å². The van der Waals surface area contributed by atoms with E-state index in [9.17, 15) is 4.79 Å². The van der Waals surface area contributed by atoms with E-state index < -0.39 is 0 Å². The molecule has 2 rings (SSSR count). The van der Waals surface area contributed by atoms with Gasteiger partial charge >= 0.3 is 0 Å². The van der Waals surface area contributed by atoms with Gasteiger partial charge in [-0.3, -0.25) is 4.79 Å². The van der Waals surface area contributed by atoms with E-state index in [1.165, 1.54) is 23.7 Å². The van der Waals surface area contributed by atoms with Crippen LogP contribution >= 0.6 is 22.6 Å². The summed E-state index contributed by atoms with van der Waals surface area (Å²) in [6.45, 7) is 2.06. The molecule has 92 valence electrons. The normalized spacial score (nSPS) is 17.1. The van der Waals surface area contributed by atoms with E-state index >= 15 is 0 Å². The van der Waals surface area contributed by atoms with Gasteiger partial charge in [0, 0.05) is 13.1 Å². The van der Waals surface area contributed by atoms with Crippen molar-refractivity contribution in [2.75, 3.05) is 22.4 Å². The molecule has 1 fully saturated rings. The Morgan fingerprint density at radius 3 is 2.59 bits per heavy atom. The van der Waals surface area contributed by atoms with E-state index in [1.54, 1.807) is 6.07 Å². The Balaban J connectivity index is 2.06. The molecule has 0 bridgehead atoms. The molecule has 0 N–H and O–H groups in total. The molecular formula is C14H18INO. The molecule has 0 spiro atoms. The van der Waals surface area contributed by atoms with Crippen LogP contribution in [0.2, 0.25) is 0 Å². The van der Waals surface area contributed by atoms with Gasteiger partial charge in [0.1, 0.15) is 0 Å². The van der Waals surface area contributed by atoms with Crippen LogP contribution in [0.4, 0.5) is 5.69 Å². The minimum absolute atomic E-state index is 0.141. The molecule has 1 heterocycles. The fourth-order valence-corrected chi connectivity index (χ4v) is 3.28. The molecule has 0 aromatic heterocycles. The minimum Gasteiger partial charge on any atom is -0.368 e. The summed E-state index contributed by atoms with van der Waals surface area (Å²) in [5.41, 5.74) is 1.00. The van der Waals surface area contributed by atoms with Gasteiger partial charge in [-0.25, -0.2) is 0 Å². The Bertz CT molecular complexity index is 413. The second-order valence-electron chi connectivity index (χ2n) is 4.57. The molecule has 1 aromatic rings. The molecule has 0 atom stereocenters. The molecule has 17 heavy (non-hydrogen) atoms. The third-order valence-electron chi connectivity index (χ3n) is 3.45. The molecule has 3 heteroatoms. The SMILES string of the molecule is O=c1cccccc1N1CCC(CCI)CC1. The highest BCUT2D eigenvalue weighted by atomic mass is 127. The van der Waals surface area contributed by atoms with Crippen molar-refractivity contribution in [3.05, 3.63) is 40.6 Å². The number of hydrogen-bond acceptors (Lipinski definition) is 2. The highest BCUT2D eigenvalue weighted by Gasteiger charge is 2.19. The van der Waals surface area contributed by atoms with Gasteiger partial charge in [0.15, 0.2) is 0 Å². The predicted octanol–water partition coefficient (Wildman–Crippen LogP) is 3.09. The van der Waals surface area contributed by atoms with Crippen molar-refractivity contribution in [3.63, 3.8) is 0 Å². The van der Waals surface area contributed by atoms with Crippen LogP contribution in [0.25, 0.3) is 0 Å². The zero-order chi connectivity index (χ0) is 12.1. The van der Waals surface area contributed by atoms with Gasteiger partial charge < -0.3 is 4.90 Å². The van der Waals surface area contributed by atoms with Crippen molar-refractivity contribution in [3.8, 4) is 0 Å². The molecule has 1 saturated heterocycles. The van der Waals surface area contributed by atoms with Crippen LogP contribution in [-0.2, 0) is 0 Å². The quantitative estimate of drug-likeness (QED) is 0.621. The summed E-state index contributed by atoms with van der Waals surface area (Å²) < 4.78 is 1.25. The van der Waals surface area contributed by atoms with Crippen molar-refractivity contribution in [1.29, 1.82) is 0 Å². The lowest BCUT2D eigenvalue weighted by Crippen LogP contribution is -2.36. The third kappa shape index (κ3) is 3.44. The maximum atomic E-state index is 11.9. The Labute approximate surface area is 116 Å². The second kappa shape index (κ2) is 6.38. The average molecular weight is 343 g/mol. The van der Waals surface area contributed by atoms with Crippen LogP contribution in [0.3, 0.4) is 0 Å². The molecule has 0 radical (unpaired) electrons. The molecule has 2 nitrogen and oxygen atoms in total. The Morgan fingerprint density at radius 1 is 1.18 bits per heavy atom. The van der Waals surface area contributed by atoms with Gasteiger partial charge in [-0.2, -0.15) is 0 Å². The number of nitrogens with zero attached hydrogens (tertiary/aromatic N) is 1. The maximum Gasteiger partial charge on any atom is 0.201 e. The van der Waals surface area contributed by atoms with Crippen molar-refractivity contribution < 1.29 is 0 Å². The molecular weight excluding hydrogens is 325 g/mol. The highest BCUT2D eigenvalue weighted by Crippen LogP contribution is 2.23. The Kier molecular flexibility index (Phi) is 4.83. The summed E-state index contributed by atoms with van der Waals surface area (Å²) in [4.78, 5) is 14.1. The summed E-state index contributed by atoms with van der Waals surface area (Å²) in [5.74, 6) is 0.857. The number of rotatable bonds is 3. The lowest BCUT2D eigenvalue weighted by Gasteiger charge is -2.32. The van der Waals surface area contributed by atoms with E-state index in [0.29, 0.717) is 0 Å². The van der Waals surface area contributed by atoms with Crippen LogP contribution in [-0.4, -0.2) is 17.5 Å². The number of anilines is 1. The smallest absolute Gasteiger partial charge is 0.201 e. The third-order valence-corrected chi connectivity index (χ3v) is 4.07. The van der Waals surface area contributed by atoms with Crippen molar-refractivity contribution in [2.24, 2.45) is 5.92 Å². The first-order chi connectivity index (χ1) is 8.31. The fourth-order valence-electron chi connectivity index (χ4n) is 2.40. The molecule has 0 unspecified atom stereocenters. The maximum absolute atomic E-state index is 11.9. The number of alkyl halides is 1. The lowest BCUT2D eigenvalue weighted by atomic mass is 9.94. The van der Waals surface area contributed by atoms with Gasteiger partial charge in [-0.1, -0.05) is 40.8 Å². The molecule has 1 aromatic carbocycles. The van der Waals surface area contributed by atoms with Gasteiger partial charge in [-0.05, 0) is 41.7 Å². The van der Waals surface area contributed by atoms with Crippen LogP contribution < -0.4 is 10.3 Å². The number of piperidine rings is 1. The first kappa shape index (κ1) is 12.9. The minimum atomic E-state index is 0.141. The summed E-state index contributed by atoms with van der Waals surface area (Å²) in [5, 5.41) is 0. The predicted molar refractivity (Wildman–Crippen MR) is 81.2 cm³/mol. The van der Waals surface area contributed by atoms with E-state index in [4.69, 9.17) is 0 Å². The van der Waals surface area contributed by atoms with Gasteiger partial charge in [-0.15, -0.1) is 0 Å². The highest BCUT2D eigenvalue weighted by molar-refractivity contribution is 14.1. The summed E-state index contributed by atoms with van der Waals surface area (Å²) in [6.07, 6.45) is 3.77. The molecule has 0 aliphatic carbocycles. The van der Waals surface area contributed by atoms with Crippen molar-refractivity contribution >= 4 is 28.3 Å². The monoisotopic (exact) mass is 343 g/mol. The van der Waals surface area contributed by atoms with E-state index in [0.717, 1.165) is 24.7 Å². The lowest BCUT2D eigenvalue weighted by molar-refractivity contribution is 0.399. The zero-order valence-electron chi connectivity index (χ0n) is 9.94. The van der Waals surface area contributed by atoms with Gasteiger partial charge in [0.2, 0.25) is 5.43 Å². The van der Waals surface area contributed by atoms with Crippen LogP contribution in [0.1, 0.15) is 19.3 Å². The second-order valence-corrected chi connectivity index (χ2v) is 5.65. The summed E-state index contributed by atoms with van der Waals surface area (Å²) >= 11 is 2.45. The topological polar surface area (TPSA) is 20.3 Å².